The molecule has 0 bridgehead atoms. The van der Waals surface area contributed by atoms with Crippen molar-refractivity contribution in [3.63, 3.8) is 0 Å². The molecule has 30 heavy (non-hydrogen) atoms. The number of likely N-dealkylation sites (N-methyl/N-ethyl adjacent to an activating group) is 1. The molecule has 1 N–H and O–H groups in total. The number of carbonyl (C=O) groups excluding carboxylic acids is 1. The average molecular weight is 435 g/mol. The van der Waals surface area contributed by atoms with Gasteiger partial charge in [0.25, 0.3) is 0 Å². The number of nitrogens with one attached hydrogen (secondary N) is 1. The number of benzene rings is 1. The lowest BCUT2D eigenvalue weighted by Crippen LogP contribution is -2.31. The van der Waals surface area contributed by atoms with E-state index < -0.39 is 22.3 Å². The SMILES string of the molecule is CN(C)CCn1c2c(c(SCC(=O)Nc3ccc(F)c([N+](=O)[O-])c3)nc1=O)CCC2. The van der Waals surface area contributed by atoms with E-state index in [1.807, 2.05) is 19.0 Å². The topological polar surface area (TPSA) is 110 Å². The highest BCUT2D eigenvalue weighted by Gasteiger charge is 2.22. The van der Waals surface area contributed by atoms with Crippen LogP contribution < -0.4 is 11.0 Å². The summed E-state index contributed by atoms with van der Waals surface area (Å²) in [5.41, 5.74) is 1.08. The number of carbonyl (C=O) groups is 1. The van der Waals surface area contributed by atoms with Gasteiger partial charge in [0.1, 0.15) is 5.03 Å². The lowest BCUT2D eigenvalue weighted by Gasteiger charge is -2.16. The van der Waals surface area contributed by atoms with E-state index in [1.165, 1.54) is 6.07 Å². The molecule has 0 unspecified atom stereocenters. The summed E-state index contributed by atoms with van der Waals surface area (Å²) in [4.78, 5) is 40.9. The zero-order valence-electron chi connectivity index (χ0n) is 16.7. The molecule has 3 rings (SSSR count). The summed E-state index contributed by atoms with van der Waals surface area (Å²) < 4.78 is 15.1. The third kappa shape index (κ3) is 5.03. The molecule has 0 aliphatic heterocycles. The molecule has 1 aromatic carbocycles. The summed E-state index contributed by atoms with van der Waals surface area (Å²) in [5.74, 6) is -1.42. The van der Waals surface area contributed by atoms with Crippen molar-refractivity contribution < 1.29 is 14.1 Å². The van der Waals surface area contributed by atoms with Crippen LogP contribution in [0.15, 0.2) is 28.0 Å². The fourth-order valence-corrected chi connectivity index (χ4v) is 4.17. The predicted molar refractivity (Wildman–Crippen MR) is 111 cm³/mol. The molecule has 9 nitrogen and oxygen atoms in total. The molecule has 0 radical (unpaired) electrons. The van der Waals surface area contributed by atoms with Gasteiger partial charge in [-0.15, -0.1) is 0 Å². The predicted octanol–water partition coefficient (Wildman–Crippen LogP) is 2.07. The molecule has 160 valence electrons. The molecule has 2 aromatic rings. The van der Waals surface area contributed by atoms with Crippen molar-refractivity contribution >= 4 is 29.0 Å². The molecule has 1 heterocycles. The molecule has 0 saturated carbocycles. The first-order chi connectivity index (χ1) is 14.3. The number of nitrogens with zero attached hydrogens (tertiary/aromatic N) is 4. The number of thioether (sulfide) groups is 1. The molecule has 1 amide bonds. The first-order valence-electron chi connectivity index (χ1n) is 9.40. The van der Waals surface area contributed by atoms with Gasteiger partial charge < -0.3 is 10.2 Å². The third-order valence-electron chi connectivity index (χ3n) is 4.74. The molecule has 1 aliphatic carbocycles. The molecule has 0 spiro atoms. The van der Waals surface area contributed by atoms with E-state index in [1.54, 1.807) is 4.57 Å². The molecule has 1 aromatic heterocycles. The Morgan fingerprint density at radius 3 is 2.87 bits per heavy atom. The van der Waals surface area contributed by atoms with Gasteiger partial charge >= 0.3 is 11.4 Å². The second-order valence-electron chi connectivity index (χ2n) is 7.19. The van der Waals surface area contributed by atoms with Crippen LogP contribution in [0.2, 0.25) is 0 Å². The minimum Gasteiger partial charge on any atom is -0.325 e. The van der Waals surface area contributed by atoms with Gasteiger partial charge in [0, 0.05) is 36.1 Å². The minimum absolute atomic E-state index is 0.0221. The Kier molecular flexibility index (Phi) is 6.83. The van der Waals surface area contributed by atoms with Gasteiger partial charge in [0.2, 0.25) is 11.7 Å². The van der Waals surface area contributed by atoms with Crippen molar-refractivity contribution in [3.05, 3.63) is 55.9 Å². The minimum atomic E-state index is -0.970. The molecular weight excluding hydrogens is 413 g/mol. The van der Waals surface area contributed by atoms with Crippen LogP contribution in [0, 0.1) is 15.9 Å². The number of anilines is 1. The molecular formula is C19H22FN5O4S. The van der Waals surface area contributed by atoms with Gasteiger partial charge in [-0.2, -0.15) is 9.37 Å². The maximum Gasteiger partial charge on any atom is 0.348 e. The van der Waals surface area contributed by atoms with Crippen LogP contribution in [-0.2, 0) is 24.2 Å². The van der Waals surface area contributed by atoms with E-state index in [-0.39, 0.29) is 17.1 Å². The highest BCUT2D eigenvalue weighted by molar-refractivity contribution is 8.00. The smallest absolute Gasteiger partial charge is 0.325 e. The molecule has 1 aliphatic rings. The Morgan fingerprint density at radius 2 is 2.17 bits per heavy atom. The Hall–Kier alpha value is -2.79. The number of nitro benzene ring substituents is 1. The van der Waals surface area contributed by atoms with Gasteiger partial charge in [-0.1, -0.05) is 11.8 Å². The van der Waals surface area contributed by atoms with Crippen LogP contribution in [-0.4, -0.2) is 51.7 Å². The monoisotopic (exact) mass is 435 g/mol. The molecule has 0 atom stereocenters. The van der Waals surface area contributed by atoms with Crippen molar-refractivity contribution in [2.75, 3.05) is 31.7 Å². The van der Waals surface area contributed by atoms with Crippen LogP contribution in [0.1, 0.15) is 17.7 Å². The maximum absolute atomic E-state index is 13.4. The van der Waals surface area contributed by atoms with Crippen molar-refractivity contribution in [3.8, 4) is 0 Å². The van der Waals surface area contributed by atoms with Crippen LogP contribution in [0.4, 0.5) is 15.8 Å². The number of nitro groups is 1. The second kappa shape index (κ2) is 9.35. The fraction of sp³-hybridized carbons (Fsp3) is 0.421. The normalized spacial score (nSPS) is 12.8. The molecule has 0 saturated heterocycles. The summed E-state index contributed by atoms with van der Waals surface area (Å²) in [6.07, 6.45) is 2.54. The Balaban J connectivity index is 1.70. The van der Waals surface area contributed by atoms with Gasteiger partial charge in [0.15, 0.2) is 0 Å². The summed E-state index contributed by atoms with van der Waals surface area (Å²) in [6, 6.07) is 3.16. The van der Waals surface area contributed by atoms with Gasteiger partial charge in [-0.25, -0.2) is 4.79 Å². The summed E-state index contributed by atoms with van der Waals surface area (Å²) >= 11 is 1.16. The van der Waals surface area contributed by atoms with E-state index >= 15 is 0 Å². The van der Waals surface area contributed by atoms with Gasteiger partial charge in [-0.05, 0) is 45.5 Å². The number of hydrogen-bond donors (Lipinski definition) is 1. The summed E-state index contributed by atoms with van der Waals surface area (Å²) in [6.45, 7) is 1.29. The molecule has 11 heteroatoms. The van der Waals surface area contributed by atoms with Crippen molar-refractivity contribution in [1.29, 1.82) is 0 Å². The van der Waals surface area contributed by atoms with Crippen molar-refractivity contribution in [2.45, 2.75) is 30.8 Å². The Labute approximate surface area is 176 Å². The lowest BCUT2D eigenvalue weighted by molar-refractivity contribution is -0.387. The average Bonchev–Trinajstić information content (AvgIpc) is 3.16. The third-order valence-corrected chi connectivity index (χ3v) is 5.76. The summed E-state index contributed by atoms with van der Waals surface area (Å²) in [7, 11) is 3.88. The second-order valence-corrected chi connectivity index (χ2v) is 8.16. The lowest BCUT2D eigenvalue weighted by atomic mass is 10.2. The quantitative estimate of drug-likeness (QED) is 0.292. The van der Waals surface area contributed by atoms with Crippen molar-refractivity contribution in [1.82, 2.24) is 14.5 Å². The Bertz CT molecular complexity index is 1040. The van der Waals surface area contributed by atoms with Crippen LogP contribution in [0.5, 0.6) is 0 Å². The van der Waals surface area contributed by atoms with E-state index in [0.717, 1.165) is 61.0 Å². The van der Waals surface area contributed by atoms with Crippen LogP contribution >= 0.6 is 11.8 Å². The van der Waals surface area contributed by atoms with E-state index in [9.17, 15) is 24.1 Å². The van der Waals surface area contributed by atoms with E-state index in [2.05, 4.69) is 10.3 Å². The number of amides is 1. The van der Waals surface area contributed by atoms with Gasteiger partial charge in [-0.3, -0.25) is 19.5 Å². The zero-order valence-corrected chi connectivity index (χ0v) is 17.5. The Morgan fingerprint density at radius 1 is 1.40 bits per heavy atom. The first kappa shape index (κ1) is 21.9. The van der Waals surface area contributed by atoms with Crippen molar-refractivity contribution in [2.24, 2.45) is 0 Å². The highest BCUT2D eigenvalue weighted by Crippen LogP contribution is 2.29. The number of hydrogen-bond acceptors (Lipinski definition) is 7. The maximum atomic E-state index is 13.4. The standard InChI is InChI=1S/C19H22FN5O4S/c1-23(2)8-9-24-15-5-3-4-13(15)18(22-19(24)27)30-11-17(26)21-12-6-7-14(20)16(10-12)25(28)29/h6-7,10H,3-5,8-9,11H2,1-2H3,(H,21,26). The number of fused-ring (bicyclic) bond motifs is 1. The number of rotatable bonds is 8. The highest BCUT2D eigenvalue weighted by atomic mass is 32.2. The first-order valence-corrected chi connectivity index (χ1v) is 10.4. The largest absolute Gasteiger partial charge is 0.348 e. The number of aromatic nitrogens is 2. The summed E-state index contributed by atoms with van der Waals surface area (Å²) in [5, 5.41) is 13.9. The zero-order chi connectivity index (χ0) is 21.8. The fourth-order valence-electron chi connectivity index (χ4n) is 3.30. The van der Waals surface area contributed by atoms with Crippen LogP contribution in [0.3, 0.4) is 0 Å². The molecule has 0 fully saturated rings. The number of halogens is 1. The van der Waals surface area contributed by atoms with E-state index in [0.29, 0.717) is 11.6 Å². The van der Waals surface area contributed by atoms with Crippen LogP contribution in [0.25, 0.3) is 0 Å². The van der Waals surface area contributed by atoms with E-state index in [4.69, 9.17) is 0 Å². The van der Waals surface area contributed by atoms with Gasteiger partial charge in [0.05, 0.1) is 10.7 Å².